The van der Waals surface area contributed by atoms with Crippen LogP contribution in [0.25, 0.3) is 0 Å². The van der Waals surface area contributed by atoms with Crippen LogP contribution in [0.4, 0.5) is 5.69 Å². The first kappa shape index (κ1) is 13.4. The van der Waals surface area contributed by atoms with E-state index in [4.69, 9.17) is 11.6 Å². The van der Waals surface area contributed by atoms with E-state index in [1.807, 2.05) is 18.2 Å². The van der Waals surface area contributed by atoms with Crippen molar-refractivity contribution in [2.45, 2.75) is 19.3 Å². The molecule has 0 aliphatic heterocycles. The molecule has 2 aromatic rings. The molecule has 2 nitrogen and oxygen atoms in total. The van der Waals surface area contributed by atoms with Crippen LogP contribution in [0.3, 0.4) is 0 Å². The van der Waals surface area contributed by atoms with Crippen LogP contribution in [-0.2, 0) is 12.8 Å². The second-order valence-corrected chi connectivity index (χ2v) is 7.23. The molecule has 0 saturated carbocycles. The Kier molecular flexibility index (Phi) is 3.82. The van der Waals surface area contributed by atoms with Gasteiger partial charge in [0, 0.05) is 13.5 Å². The Morgan fingerprint density at radius 2 is 2.16 bits per heavy atom. The van der Waals surface area contributed by atoms with Crippen molar-refractivity contribution < 1.29 is 4.79 Å². The molecule has 1 aromatic carbocycles. The highest BCUT2D eigenvalue weighted by molar-refractivity contribution is 14.1. The van der Waals surface area contributed by atoms with Gasteiger partial charge in [-0.15, -0.1) is 11.3 Å². The van der Waals surface area contributed by atoms with Gasteiger partial charge in [-0.1, -0.05) is 11.6 Å². The first-order valence-electron chi connectivity index (χ1n) is 6.01. The van der Waals surface area contributed by atoms with E-state index >= 15 is 0 Å². The zero-order valence-electron chi connectivity index (χ0n) is 10.0. The summed E-state index contributed by atoms with van der Waals surface area (Å²) in [5, 5.41) is 3.63. The van der Waals surface area contributed by atoms with Crippen LogP contribution in [-0.4, -0.2) is 5.91 Å². The van der Waals surface area contributed by atoms with Gasteiger partial charge in [0.25, 0.3) is 5.91 Å². The van der Waals surface area contributed by atoms with E-state index in [2.05, 4.69) is 27.9 Å². The maximum Gasteiger partial charge on any atom is 0.265 e. The van der Waals surface area contributed by atoms with Crippen molar-refractivity contribution in [2.75, 3.05) is 5.32 Å². The number of amides is 1. The molecule has 1 aromatic heterocycles. The molecule has 0 unspecified atom stereocenters. The first-order chi connectivity index (χ1) is 9.13. The zero-order valence-corrected chi connectivity index (χ0v) is 13.7. The van der Waals surface area contributed by atoms with Gasteiger partial charge in [-0.2, -0.15) is 0 Å². The summed E-state index contributed by atoms with van der Waals surface area (Å²) in [7, 11) is 0. The molecule has 1 N–H and O–H groups in total. The lowest BCUT2D eigenvalue weighted by atomic mass is 10.2. The number of halogens is 2. The van der Waals surface area contributed by atoms with Crippen LogP contribution in [0.15, 0.2) is 24.3 Å². The van der Waals surface area contributed by atoms with Gasteiger partial charge < -0.3 is 5.32 Å². The second kappa shape index (κ2) is 5.42. The topological polar surface area (TPSA) is 29.1 Å². The molecule has 5 heteroatoms. The molecule has 1 aliphatic carbocycles. The van der Waals surface area contributed by atoms with Crippen LogP contribution in [0.2, 0.25) is 5.02 Å². The van der Waals surface area contributed by atoms with Gasteiger partial charge in [-0.05, 0) is 71.7 Å². The van der Waals surface area contributed by atoms with E-state index in [1.54, 1.807) is 17.4 Å². The molecule has 19 heavy (non-hydrogen) atoms. The number of nitrogens with one attached hydrogen (secondary N) is 1. The highest BCUT2D eigenvalue weighted by atomic mass is 127. The lowest BCUT2D eigenvalue weighted by Crippen LogP contribution is -2.11. The summed E-state index contributed by atoms with van der Waals surface area (Å²) in [6.07, 6.45) is 3.45. The highest BCUT2D eigenvalue weighted by Crippen LogP contribution is 2.31. The molecule has 0 radical (unpaired) electrons. The third kappa shape index (κ3) is 2.80. The summed E-state index contributed by atoms with van der Waals surface area (Å²) in [5.41, 5.74) is 2.16. The van der Waals surface area contributed by atoms with Gasteiger partial charge in [0.2, 0.25) is 0 Å². The number of fused-ring (bicyclic) bond motifs is 1. The van der Waals surface area contributed by atoms with Crippen molar-refractivity contribution >= 4 is 57.1 Å². The number of carbonyl (C=O) groups is 1. The Morgan fingerprint density at radius 1 is 1.32 bits per heavy atom. The van der Waals surface area contributed by atoms with Crippen molar-refractivity contribution in [3.8, 4) is 0 Å². The summed E-state index contributed by atoms with van der Waals surface area (Å²) in [4.78, 5) is 14.4. The lowest BCUT2D eigenvalue weighted by molar-refractivity contribution is 0.103. The van der Waals surface area contributed by atoms with Crippen LogP contribution < -0.4 is 5.32 Å². The number of benzene rings is 1. The highest BCUT2D eigenvalue weighted by Gasteiger charge is 2.18. The van der Waals surface area contributed by atoms with Crippen molar-refractivity contribution in [1.29, 1.82) is 0 Å². The number of aryl methyl sites for hydroxylation is 2. The molecule has 1 amide bonds. The lowest BCUT2D eigenvalue weighted by Gasteiger charge is -2.06. The standard InChI is InChI=1S/C14H11ClINOS/c15-9-4-5-11(10(16)7-9)17-14(18)13-6-8-2-1-3-12(8)19-13/h4-7H,1-3H2,(H,17,18). The summed E-state index contributed by atoms with van der Waals surface area (Å²) < 4.78 is 0.947. The Morgan fingerprint density at radius 3 is 2.89 bits per heavy atom. The molecular weight excluding hydrogens is 393 g/mol. The SMILES string of the molecule is O=C(Nc1ccc(Cl)cc1I)c1cc2c(s1)CCC2. The van der Waals surface area contributed by atoms with E-state index in [-0.39, 0.29) is 5.91 Å². The average Bonchev–Trinajstić information content (AvgIpc) is 2.93. The van der Waals surface area contributed by atoms with Gasteiger partial charge in [-0.25, -0.2) is 0 Å². The number of rotatable bonds is 2. The predicted octanol–water partition coefficient (Wildman–Crippen LogP) is 4.75. The average molecular weight is 404 g/mol. The first-order valence-corrected chi connectivity index (χ1v) is 8.29. The van der Waals surface area contributed by atoms with Gasteiger partial charge in [-0.3, -0.25) is 4.79 Å². The predicted molar refractivity (Wildman–Crippen MR) is 88.5 cm³/mol. The molecule has 0 spiro atoms. The number of carbonyl (C=O) groups excluding carboxylic acids is 1. The summed E-state index contributed by atoms with van der Waals surface area (Å²) in [6, 6.07) is 7.49. The normalized spacial score (nSPS) is 13.4. The maximum absolute atomic E-state index is 12.2. The van der Waals surface area contributed by atoms with E-state index in [1.165, 1.54) is 16.9 Å². The van der Waals surface area contributed by atoms with Crippen molar-refractivity contribution in [3.63, 3.8) is 0 Å². The molecule has 3 rings (SSSR count). The number of thiophene rings is 1. The maximum atomic E-state index is 12.2. The molecule has 0 saturated heterocycles. The molecule has 1 heterocycles. The number of hydrogen-bond acceptors (Lipinski definition) is 2. The third-order valence-corrected chi connectivity index (χ3v) is 5.51. The Balaban J connectivity index is 1.80. The van der Waals surface area contributed by atoms with Crippen LogP contribution in [0.5, 0.6) is 0 Å². The van der Waals surface area contributed by atoms with Gasteiger partial charge in [0.05, 0.1) is 10.6 Å². The Labute approximate surface area is 134 Å². The van der Waals surface area contributed by atoms with Crippen LogP contribution >= 0.6 is 45.5 Å². The van der Waals surface area contributed by atoms with Crippen LogP contribution in [0, 0.1) is 3.57 Å². The number of hydrogen-bond donors (Lipinski definition) is 1. The summed E-state index contributed by atoms with van der Waals surface area (Å²) in [5.74, 6) is -0.0281. The number of anilines is 1. The second-order valence-electron chi connectivity index (χ2n) is 4.49. The molecule has 0 bridgehead atoms. The van der Waals surface area contributed by atoms with Gasteiger partial charge in [0.15, 0.2) is 0 Å². The Hall–Kier alpha value is -0.590. The minimum Gasteiger partial charge on any atom is -0.320 e. The molecule has 0 fully saturated rings. The Bertz CT molecular complexity index is 631. The van der Waals surface area contributed by atoms with E-state index in [9.17, 15) is 4.79 Å². The van der Waals surface area contributed by atoms with Gasteiger partial charge in [0.1, 0.15) is 0 Å². The minimum atomic E-state index is -0.0281. The molecule has 98 valence electrons. The fourth-order valence-corrected chi connectivity index (χ4v) is 4.37. The van der Waals surface area contributed by atoms with E-state index in [0.29, 0.717) is 5.02 Å². The molecular formula is C14H11ClINOS. The zero-order chi connectivity index (χ0) is 13.4. The minimum absolute atomic E-state index is 0.0281. The fourth-order valence-electron chi connectivity index (χ4n) is 2.22. The fraction of sp³-hybridized carbons (Fsp3) is 0.214. The van der Waals surface area contributed by atoms with E-state index < -0.39 is 0 Å². The third-order valence-electron chi connectivity index (χ3n) is 3.15. The largest absolute Gasteiger partial charge is 0.320 e. The summed E-state index contributed by atoms with van der Waals surface area (Å²) >= 11 is 9.70. The van der Waals surface area contributed by atoms with Crippen LogP contribution in [0.1, 0.15) is 26.5 Å². The van der Waals surface area contributed by atoms with Crippen molar-refractivity contribution in [2.24, 2.45) is 0 Å². The molecule has 1 aliphatic rings. The van der Waals surface area contributed by atoms with Gasteiger partial charge >= 0.3 is 0 Å². The smallest absolute Gasteiger partial charge is 0.265 e. The summed E-state index contributed by atoms with van der Waals surface area (Å²) in [6.45, 7) is 0. The van der Waals surface area contributed by atoms with Crippen molar-refractivity contribution in [3.05, 3.63) is 48.2 Å². The molecule has 0 atom stereocenters. The van der Waals surface area contributed by atoms with Crippen molar-refractivity contribution in [1.82, 2.24) is 0 Å². The van der Waals surface area contributed by atoms with E-state index in [0.717, 1.165) is 27.0 Å². The monoisotopic (exact) mass is 403 g/mol. The quantitative estimate of drug-likeness (QED) is 0.721.